The lowest BCUT2D eigenvalue weighted by molar-refractivity contribution is -0.253. The summed E-state index contributed by atoms with van der Waals surface area (Å²) in [5.41, 5.74) is 2.09. The number of urea groups is 1. The number of aryl methyl sites for hydroxylation is 1. The van der Waals surface area contributed by atoms with Crippen molar-refractivity contribution in [2.75, 3.05) is 13.1 Å². The van der Waals surface area contributed by atoms with E-state index in [2.05, 4.69) is 5.43 Å². The van der Waals surface area contributed by atoms with Crippen molar-refractivity contribution >= 4 is 11.9 Å². The Labute approximate surface area is 171 Å². The number of aliphatic hydroxyl groups is 1. The number of alkyl halides is 3. The lowest BCUT2D eigenvalue weighted by Gasteiger charge is -2.33. The normalized spacial score (nSPS) is 26.6. The second-order valence-electron chi connectivity index (χ2n) is 8.06. The number of hydrazine groups is 1. The number of hydrogen-bond acceptors (Lipinski definition) is 4. The maximum absolute atomic E-state index is 13.1. The number of fused-ring (bicyclic) bond motifs is 1. The molecule has 0 saturated carbocycles. The molecular weight excluding hydrogens is 401 g/mol. The number of rotatable bonds is 3. The number of carbonyl (C=O) groups excluding carboxylic acids is 2. The van der Waals surface area contributed by atoms with Crippen molar-refractivity contribution in [3.63, 3.8) is 0 Å². The lowest BCUT2D eigenvalue weighted by Crippen LogP contribution is -2.52. The Morgan fingerprint density at radius 2 is 2.00 bits per heavy atom. The van der Waals surface area contributed by atoms with Crippen LogP contribution >= 0.6 is 0 Å². The highest BCUT2D eigenvalue weighted by Crippen LogP contribution is 2.38. The lowest BCUT2D eigenvalue weighted by atomic mass is 10.0. The molecule has 1 aromatic rings. The van der Waals surface area contributed by atoms with Gasteiger partial charge in [-0.1, -0.05) is 29.8 Å². The number of carbonyl (C=O) groups is 2. The fourth-order valence-corrected chi connectivity index (χ4v) is 4.07. The number of amides is 3. The maximum Gasteiger partial charge on any atom is 0.419 e. The Hall–Kier alpha value is -2.75. The summed E-state index contributed by atoms with van der Waals surface area (Å²) in [5.74, 6) is -0.116. The molecule has 2 unspecified atom stereocenters. The first-order valence-corrected chi connectivity index (χ1v) is 9.80. The number of nitrogens with zero attached hydrogens (tertiary/aromatic N) is 3. The third kappa shape index (κ3) is 3.49. The van der Waals surface area contributed by atoms with Gasteiger partial charge in [-0.15, -0.1) is 0 Å². The molecule has 2 atom stereocenters. The van der Waals surface area contributed by atoms with Crippen molar-refractivity contribution in [2.45, 2.75) is 50.6 Å². The monoisotopic (exact) mass is 424 g/mol. The summed E-state index contributed by atoms with van der Waals surface area (Å²) in [6, 6.07) is 6.35. The topological polar surface area (TPSA) is 76.1 Å². The fraction of sp³-hybridized carbons (Fsp3) is 0.500. The van der Waals surface area contributed by atoms with Gasteiger partial charge in [0.05, 0.1) is 13.1 Å². The van der Waals surface area contributed by atoms with Gasteiger partial charge >= 0.3 is 12.2 Å². The fourth-order valence-electron chi connectivity index (χ4n) is 4.07. The van der Waals surface area contributed by atoms with E-state index in [1.165, 1.54) is 9.91 Å². The van der Waals surface area contributed by atoms with Crippen LogP contribution in [0.4, 0.5) is 18.0 Å². The molecule has 0 spiro atoms. The van der Waals surface area contributed by atoms with E-state index in [0.717, 1.165) is 16.0 Å². The molecule has 162 valence electrons. The van der Waals surface area contributed by atoms with Crippen LogP contribution < -0.4 is 5.43 Å². The quantitative estimate of drug-likeness (QED) is 0.781. The largest absolute Gasteiger partial charge is 0.419 e. The Morgan fingerprint density at radius 3 is 2.63 bits per heavy atom. The van der Waals surface area contributed by atoms with Crippen LogP contribution in [0.3, 0.4) is 0 Å². The van der Waals surface area contributed by atoms with Crippen molar-refractivity contribution in [1.29, 1.82) is 0 Å². The first kappa shape index (κ1) is 20.5. The van der Waals surface area contributed by atoms with E-state index < -0.39 is 42.7 Å². The third-order valence-electron chi connectivity index (χ3n) is 5.87. The molecule has 3 amide bonds. The predicted molar refractivity (Wildman–Crippen MR) is 100 cm³/mol. The second kappa shape index (κ2) is 7.19. The standard InChI is InChI=1S/C20H23F3N4O3/c1-13-5-7-14(8-6-13)11-26-18(29)27-15(3-2-4-16(27)24-26)17(28)25-10-9-19(30,12-25)20(21,22)23/h4-8,15,24,30H,2-3,9-12H2,1H3. The molecule has 0 bridgehead atoms. The van der Waals surface area contributed by atoms with E-state index in [-0.39, 0.29) is 13.1 Å². The molecular formula is C20H23F3N4O3. The molecule has 1 aromatic carbocycles. The van der Waals surface area contributed by atoms with Gasteiger partial charge in [0.25, 0.3) is 0 Å². The van der Waals surface area contributed by atoms with Crippen LogP contribution in [0, 0.1) is 6.92 Å². The van der Waals surface area contributed by atoms with E-state index in [4.69, 9.17) is 0 Å². The number of likely N-dealkylation sites (tertiary alicyclic amines) is 1. The van der Waals surface area contributed by atoms with Crippen LogP contribution in [0.5, 0.6) is 0 Å². The highest BCUT2D eigenvalue weighted by molar-refractivity contribution is 5.90. The first-order valence-electron chi connectivity index (χ1n) is 9.80. The SMILES string of the molecule is Cc1ccc(CN2NC3=CCCC(C(=O)N4CCC(O)(C(F)(F)F)C4)N3C2=O)cc1. The zero-order valence-electron chi connectivity index (χ0n) is 16.4. The third-order valence-corrected chi connectivity index (χ3v) is 5.87. The van der Waals surface area contributed by atoms with Gasteiger partial charge in [0, 0.05) is 13.0 Å². The number of allylic oxidation sites excluding steroid dienone is 1. The summed E-state index contributed by atoms with van der Waals surface area (Å²) in [6.45, 7) is 1.23. The summed E-state index contributed by atoms with van der Waals surface area (Å²) >= 11 is 0. The van der Waals surface area contributed by atoms with Crippen molar-refractivity contribution in [3.8, 4) is 0 Å². The molecule has 3 heterocycles. The molecule has 0 aliphatic carbocycles. The Balaban J connectivity index is 1.48. The molecule has 2 saturated heterocycles. The van der Waals surface area contributed by atoms with Gasteiger partial charge in [-0.25, -0.2) is 9.80 Å². The summed E-state index contributed by atoms with van der Waals surface area (Å²) in [4.78, 5) is 28.3. The van der Waals surface area contributed by atoms with E-state index in [1.54, 1.807) is 6.08 Å². The van der Waals surface area contributed by atoms with Crippen LogP contribution in [-0.4, -0.2) is 62.8 Å². The molecule has 2 N–H and O–H groups in total. The Kier molecular flexibility index (Phi) is 4.92. The predicted octanol–water partition coefficient (Wildman–Crippen LogP) is 2.27. The van der Waals surface area contributed by atoms with Gasteiger partial charge in [-0.05, 0) is 31.4 Å². The van der Waals surface area contributed by atoms with Crippen molar-refractivity contribution in [1.82, 2.24) is 20.2 Å². The minimum absolute atomic E-state index is 0.201. The molecule has 3 aliphatic heterocycles. The number of hydrogen-bond donors (Lipinski definition) is 2. The van der Waals surface area contributed by atoms with Gasteiger partial charge in [-0.2, -0.15) is 13.2 Å². The average Bonchev–Trinajstić information content (AvgIpc) is 3.25. The summed E-state index contributed by atoms with van der Waals surface area (Å²) < 4.78 is 39.3. The molecule has 3 aliphatic rings. The highest BCUT2D eigenvalue weighted by Gasteiger charge is 2.58. The smallest absolute Gasteiger partial charge is 0.379 e. The average molecular weight is 424 g/mol. The molecule has 0 aromatic heterocycles. The van der Waals surface area contributed by atoms with Gasteiger partial charge in [0.2, 0.25) is 5.91 Å². The Morgan fingerprint density at radius 1 is 1.30 bits per heavy atom. The van der Waals surface area contributed by atoms with E-state index >= 15 is 0 Å². The Bertz CT molecular complexity index is 886. The van der Waals surface area contributed by atoms with Crippen LogP contribution in [-0.2, 0) is 11.3 Å². The van der Waals surface area contributed by atoms with Gasteiger partial charge in [-0.3, -0.25) is 15.1 Å². The highest BCUT2D eigenvalue weighted by atomic mass is 19.4. The molecule has 7 nitrogen and oxygen atoms in total. The summed E-state index contributed by atoms with van der Waals surface area (Å²) in [6.07, 6.45) is -2.75. The van der Waals surface area contributed by atoms with Crippen molar-refractivity contribution in [2.24, 2.45) is 0 Å². The molecule has 10 heteroatoms. The van der Waals surface area contributed by atoms with Crippen molar-refractivity contribution < 1.29 is 27.9 Å². The minimum atomic E-state index is -4.81. The van der Waals surface area contributed by atoms with E-state index in [9.17, 15) is 27.9 Å². The minimum Gasteiger partial charge on any atom is -0.379 e. The van der Waals surface area contributed by atoms with Crippen molar-refractivity contribution in [3.05, 3.63) is 47.3 Å². The maximum atomic E-state index is 13.1. The number of nitrogens with one attached hydrogen (secondary N) is 1. The molecule has 2 fully saturated rings. The molecule has 30 heavy (non-hydrogen) atoms. The van der Waals surface area contributed by atoms with Crippen LogP contribution in [0.25, 0.3) is 0 Å². The summed E-state index contributed by atoms with van der Waals surface area (Å²) in [7, 11) is 0. The number of β-amino-alcohol motifs (C(OH)–C–C–N with tert-alkyl or cyclic N) is 1. The van der Waals surface area contributed by atoms with E-state index in [0.29, 0.717) is 18.7 Å². The molecule has 4 rings (SSSR count). The van der Waals surface area contributed by atoms with Gasteiger partial charge < -0.3 is 10.0 Å². The molecule has 0 radical (unpaired) electrons. The van der Waals surface area contributed by atoms with E-state index in [1.807, 2.05) is 31.2 Å². The zero-order valence-corrected chi connectivity index (χ0v) is 16.4. The van der Waals surface area contributed by atoms with Crippen LogP contribution in [0.1, 0.15) is 30.4 Å². The first-order chi connectivity index (χ1) is 14.1. The second-order valence-corrected chi connectivity index (χ2v) is 8.06. The van der Waals surface area contributed by atoms with Crippen LogP contribution in [0.2, 0.25) is 0 Å². The van der Waals surface area contributed by atoms with Crippen LogP contribution in [0.15, 0.2) is 36.2 Å². The zero-order chi connectivity index (χ0) is 21.7. The van der Waals surface area contributed by atoms with Gasteiger partial charge in [0.1, 0.15) is 11.9 Å². The number of benzene rings is 1. The summed E-state index contributed by atoms with van der Waals surface area (Å²) in [5, 5.41) is 11.3. The number of halogens is 3. The van der Waals surface area contributed by atoms with Gasteiger partial charge in [0.15, 0.2) is 5.60 Å².